The maximum absolute atomic E-state index is 12.8. The first-order valence-corrected chi connectivity index (χ1v) is 8.46. The molecule has 0 radical (unpaired) electrons. The summed E-state index contributed by atoms with van der Waals surface area (Å²) in [5.74, 6) is 0.150. The Kier molecular flexibility index (Phi) is 5.84. The third-order valence-corrected chi connectivity index (χ3v) is 4.76. The molecule has 1 aromatic rings. The van der Waals surface area contributed by atoms with Crippen LogP contribution in [-0.4, -0.2) is 36.0 Å². The van der Waals surface area contributed by atoms with E-state index in [1.54, 1.807) is 0 Å². The van der Waals surface area contributed by atoms with Gasteiger partial charge in [0.2, 0.25) is 0 Å². The van der Waals surface area contributed by atoms with Gasteiger partial charge in [0.05, 0.1) is 5.56 Å². The molecule has 1 aliphatic heterocycles. The van der Waals surface area contributed by atoms with Crippen LogP contribution in [0, 0.1) is 3.57 Å². The van der Waals surface area contributed by atoms with E-state index >= 15 is 0 Å². The summed E-state index contributed by atoms with van der Waals surface area (Å²) in [4.78, 5) is 14.8. The first-order valence-electron chi connectivity index (χ1n) is 7.38. The van der Waals surface area contributed by atoms with E-state index in [0.29, 0.717) is 6.04 Å². The van der Waals surface area contributed by atoms with Crippen LogP contribution in [0.2, 0.25) is 0 Å². The van der Waals surface area contributed by atoms with Gasteiger partial charge in [0.15, 0.2) is 0 Å². The topological polar surface area (TPSA) is 32.3 Å². The minimum absolute atomic E-state index is 0.150. The first-order chi connectivity index (χ1) is 9.59. The van der Waals surface area contributed by atoms with E-state index in [0.717, 1.165) is 22.2 Å². The lowest BCUT2D eigenvalue weighted by Gasteiger charge is -2.33. The SMILES string of the molecule is CC(C)N(CC1CCCCN1)C(=O)c1ccccc1I. The molecule has 0 saturated carbocycles. The van der Waals surface area contributed by atoms with Crippen LogP contribution in [-0.2, 0) is 0 Å². The lowest BCUT2D eigenvalue weighted by atomic mass is 10.0. The molecular formula is C16H23IN2O. The molecule has 1 heterocycles. The molecule has 1 fully saturated rings. The van der Waals surface area contributed by atoms with Crippen LogP contribution in [0.3, 0.4) is 0 Å². The maximum atomic E-state index is 12.8. The molecule has 0 aromatic heterocycles. The minimum Gasteiger partial charge on any atom is -0.335 e. The normalized spacial score (nSPS) is 19.1. The molecular weight excluding hydrogens is 363 g/mol. The molecule has 3 nitrogen and oxygen atoms in total. The molecule has 1 amide bonds. The number of hydrogen-bond donors (Lipinski definition) is 1. The predicted molar refractivity (Wildman–Crippen MR) is 91.0 cm³/mol. The summed E-state index contributed by atoms with van der Waals surface area (Å²) in [6, 6.07) is 8.49. The Balaban J connectivity index is 2.11. The van der Waals surface area contributed by atoms with Gasteiger partial charge in [-0.2, -0.15) is 0 Å². The molecule has 1 saturated heterocycles. The Morgan fingerprint density at radius 1 is 1.40 bits per heavy atom. The van der Waals surface area contributed by atoms with Crippen molar-refractivity contribution in [2.75, 3.05) is 13.1 Å². The van der Waals surface area contributed by atoms with E-state index in [9.17, 15) is 4.79 Å². The van der Waals surface area contributed by atoms with Crippen molar-refractivity contribution in [3.63, 3.8) is 0 Å². The Bertz CT molecular complexity index is 456. The predicted octanol–water partition coefficient (Wildman–Crippen LogP) is 3.28. The van der Waals surface area contributed by atoms with Crippen LogP contribution in [0.15, 0.2) is 24.3 Å². The van der Waals surface area contributed by atoms with Gasteiger partial charge in [0.25, 0.3) is 5.91 Å². The van der Waals surface area contributed by atoms with Crippen LogP contribution in [0.4, 0.5) is 0 Å². The van der Waals surface area contributed by atoms with Crippen LogP contribution in [0.25, 0.3) is 0 Å². The van der Waals surface area contributed by atoms with Gasteiger partial charge in [-0.25, -0.2) is 0 Å². The molecule has 1 aromatic carbocycles. The van der Waals surface area contributed by atoms with Crippen molar-refractivity contribution in [2.24, 2.45) is 0 Å². The summed E-state index contributed by atoms with van der Waals surface area (Å²) < 4.78 is 1.03. The summed E-state index contributed by atoms with van der Waals surface area (Å²) in [7, 11) is 0. The third-order valence-electron chi connectivity index (χ3n) is 3.82. The number of amides is 1. The van der Waals surface area contributed by atoms with E-state index in [4.69, 9.17) is 0 Å². The number of nitrogens with one attached hydrogen (secondary N) is 1. The van der Waals surface area contributed by atoms with Crippen LogP contribution in [0.5, 0.6) is 0 Å². The first kappa shape index (κ1) is 15.8. The fraction of sp³-hybridized carbons (Fsp3) is 0.562. The third kappa shape index (κ3) is 3.95. The molecule has 0 spiro atoms. The average Bonchev–Trinajstić information content (AvgIpc) is 2.45. The second-order valence-corrected chi connectivity index (χ2v) is 6.84. The summed E-state index contributed by atoms with van der Waals surface area (Å²) in [5, 5.41) is 3.53. The van der Waals surface area contributed by atoms with Crippen molar-refractivity contribution in [1.29, 1.82) is 0 Å². The molecule has 4 heteroatoms. The van der Waals surface area contributed by atoms with Gasteiger partial charge in [0.1, 0.15) is 0 Å². The summed E-state index contributed by atoms with van der Waals surface area (Å²) in [5.41, 5.74) is 0.817. The van der Waals surface area contributed by atoms with E-state index in [-0.39, 0.29) is 11.9 Å². The zero-order chi connectivity index (χ0) is 14.5. The Labute approximate surface area is 135 Å². The molecule has 0 aliphatic carbocycles. The number of carbonyl (C=O) groups excluding carboxylic acids is 1. The van der Waals surface area contributed by atoms with Crippen molar-refractivity contribution in [2.45, 2.75) is 45.2 Å². The molecule has 2 rings (SSSR count). The van der Waals surface area contributed by atoms with E-state index < -0.39 is 0 Å². The highest BCUT2D eigenvalue weighted by atomic mass is 127. The van der Waals surface area contributed by atoms with Crippen LogP contribution < -0.4 is 5.32 Å². The van der Waals surface area contributed by atoms with E-state index in [1.807, 2.05) is 29.2 Å². The van der Waals surface area contributed by atoms with Gasteiger partial charge in [-0.3, -0.25) is 4.79 Å². The maximum Gasteiger partial charge on any atom is 0.255 e. The van der Waals surface area contributed by atoms with Gasteiger partial charge in [-0.15, -0.1) is 0 Å². The average molecular weight is 386 g/mol. The second kappa shape index (κ2) is 7.41. The summed E-state index contributed by atoms with van der Waals surface area (Å²) in [6.45, 7) is 6.07. The number of rotatable bonds is 4. The zero-order valence-electron chi connectivity index (χ0n) is 12.2. The van der Waals surface area contributed by atoms with Crippen molar-refractivity contribution >= 4 is 28.5 Å². The highest BCUT2D eigenvalue weighted by Crippen LogP contribution is 2.17. The smallest absolute Gasteiger partial charge is 0.255 e. The fourth-order valence-corrected chi connectivity index (χ4v) is 3.25. The number of benzene rings is 1. The quantitative estimate of drug-likeness (QED) is 0.806. The number of piperidine rings is 1. The molecule has 20 heavy (non-hydrogen) atoms. The lowest BCUT2D eigenvalue weighted by Crippen LogP contribution is -2.48. The zero-order valence-corrected chi connectivity index (χ0v) is 14.4. The number of hydrogen-bond acceptors (Lipinski definition) is 2. The standard InChI is InChI=1S/C16H23IN2O/c1-12(2)19(11-13-7-5-6-10-18-13)16(20)14-8-3-4-9-15(14)17/h3-4,8-9,12-13,18H,5-7,10-11H2,1-2H3. The van der Waals surface area contributed by atoms with Gasteiger partial charge in [0, 0.05) is 22.2 Å². The lowest BCUT2D eigenvalue weighted by molar-refractivity contribution is 0.0675. The van der Waals surface area contributed by atoms with Crippen molar-refractivity contribution < 1.29 is 4.79 Å². The Hall–Kier alpha value is -0.620. The molecule has 1 N–H and O–H groups in total. The van der Waals surface area contributed by atoms with Crippen molar-refractivity contribution in [1.82, 2.24) is 10.2 Å². The largest absolute Gasteiger partial charge is 0.335 e. The van der Waals surface area contributed by atoms with Crippen LogP contribution >= 0.6 is 22.6 Å². The monoisotopic (exact) mass is 386 g/mol. The number of carbonyl (C=O) groups is 1. The van der Waals surface area contributed by atoms with Crippen molar-refractivity contribution in [3.8, 4) is 0 Å². The van der Waals surface area contributed by atoms with E-state index in [2.05, 4.69) is 41.8 Å². The van der Waals surface area contributed by atoms with Gasteiger partial charge < -0.3 is 10.2 Å². The minimum atomic E-state index is 0.150. The van der Waals surface area contributed by atoms with Gasteiger partial charge >= 0.3 is 0 Å². The molecule has 1 unspecified atom stereocenters. The second-order valence-electron chi connectivity index (χ2n) is 5.68. The molecule has 1 aliphatic rings. The fourth-order valence-electron chi connectivity index (χ4n) is 2.63. The molecule has 0 bridgehead atoms. The highest BCUT2D eigenvalue weighted by Gasteiger charge is 2.24. The molecule has 1 atom stereocenters. The van der Waals surface area contributed by atoms with E-state index in [1.165, 1.54) is 19.3 Å². The van der Waals surface area contributed by atoms with Crippen molar-refractivity contribution in [3.05, 3.63) is 33.4 Å². The highest BCUT2D eigenvalue weighted by molar-refractivity contribution is 14.1. The Morgan fingerprint density at radius 2 is 2.15 bits per heavy atom. The van der Waals surface area contributed by atoms with Crippen LogP contribution in [0.1, 0.15) is 43.5 Å². The summed E-state index contributed by atoms with van der Waals surface area (Å²) in [6.07, 6.45) is 3.69. The molecule has 110 valence electrons. The number of nitrogens with zero attached hydrogens (tertiary/aromatic N) is 1. The van der Waals surface area contributed by atoms with Gasteiger partial charge in [-0.1, -0.05) is 18.6 Å². The number of halogens is 1. The Morgan fingerprint density at radius 3 is 2.75 bits per heavy atom. The summed E-state index contributed by atoms with van der Waals surface area (Å²) >= 11 is 2.24. The van der Waals surface area contributed by atoms with Gasteiger partial charge in [-0.05, 0) is 68.0 Å².